The second-order valence-corrected chi connectivity index (χ2v) is 8.66. The molecule has 0 aromatic heterocycles. The first-order valence-corrected chi connectivity index (χ1v) is 10.1. The third kappa shape index (κ3) is 5.15. The lowest BCUT2D eigenvalue weighted by molar-refractivity contribution is -0.120. The van der Waals surface area contributed by atoms with E-state index in [1.807, 2.05) is 0 Å². The van der Waals surface area contributed by atoms with Crippen molar-refractivity contribution >= 4 is 27.7 Å². The van der Waals surface area contributed by atoms with Crippen molar-refractivity contribution in [3.8, 4) is 0 Å². The van der Waals surface area contributed by atoms with E-state index in [2.05, 4.69) is 17.2 Å². The van der Waals surface area contributed by atoms with Crippen LogP contribution < -0.4 is 10.6 Å². The van der Waals surface area contributed by atoms with Crippen molar-refractivity contribution < 1.29 is 18.0 Å². The first-order valence-electron chi connectivity index (χ1n) is 8.74. The second-order valence-electron chi connectivity index (χ2n) is 6.52. The molecule has 0 aliphatic carbocycles. The van der Waals surface area contributed by atoms with Crippen molar-refractivity contribution in [3.63, 3.8) is 0 Å². The largest absolute Gasteiger partial charge is 0.349 e. The molecule has 0 radical (unpaired) electrons. The van der Waals surface area contributed by atoms with E-state index in [0.29, 0.717) is 37.2 Å². The number of piperidine rings is 1. The summed E-state index contributed by atoms with van der Waals surface area (Å²) in [5.41, 5.74) is 0.748. The number of nitrogens with zero attached hydrogens (tertiary/aromatic N) is 2. The Balaban J connectivity index is 2.11. The molecular weight excluding hydrogens is 368 g/mol. The molecule has 0 spiro atoms. The van der Waals surface area contributed by atoms with Crippen molar-refractivity contribution in [1.29, 1.82) is 0 Å². The average molecular weight is 394 g/mol. The van der Waals surface area contributed by atoms with Crippen LogP contribution >= 0.6 is 0 Å². The Morgan fingerprint density at radius 2 is 2.04 bits per heavy atom. The lowest BCUT2D eigenvalue weighted by Gasteiger charge is -2.32. The summed E-state index contributed by atoms with van der Waals surface area (Å²) in [7, 11) is -0.619. The smallest absolute Gasteiger partial charge is 0.281 e. The van der Waals surface area contributed by atoms with Gasteiger partial charge in [0, 0.05) is 33.7 Å². The molecule has 1 heterocycles. The second kappa shape index (κ2) is 9.12. The third-order valence-corrected chi connectivity index (χ3v) is 6.29. The monoisotopic (exact) mass is 394 g/mol. The molecule has 1 aliphatic rings. The summed E-state index contributed by atoms with van der Waals surface area (Å²) in [5.74, 6) is -1.08. The first-order chi connectivity index (χ1) is 12.8. The van der Waals surface area contributed by atoms with Crippen LogP contribution in [0.4, 0.5) is 5.69 Å². The molecule has 2 amide bonds. The molecule has 27 heavy (non-hydrogen) atoms. The van der Waals surface area contributed by atoms with Crippen LogP contribution in [-0.2, 0) is 15.0 Å². The van der Waals surface area contributed by atoms with Gasteiger partial charge in [-0.3, -0.25) is 9.59 Å². The van der Waals surface area contributed by atoms with Gasteiger partial charge in [0.05, 0.1) is 17.2 Å². The van der Waals surface area contributed by atoms with Crippen LogP contribution in [0.1, 0.15) is 23.2 Å². The number of anilines is 1. The highest BCUT2D eigenvalue weighted by Gasteiger charge is 2.33. The third-order valence-electron chi connectivity index (χ3n) is 4.38. The van der Waals surface area contributed by atoms with Crippen molar-refractivity contribution in [2.24, 2.45) is 5.92 Å². The van der Waals surface area contributed by atoms with Crippen molar-refractivity contribution in [2.45, 2.75) is 12.8 Å². The zero-order valence-corrected chi connectivity index (χ0v) is 16.5. The van der Waals surface area contributed by atoms with E-state index in [1.54, 1.807) is 30.3 Å². The van der Waals surface area contributed by atoms with Crippen LogP contribution in [0.15, 0.2) is 36.9 Å². The highest BCUT2D eigenvalue weighted by atomic mass is 32.2. The van der Waals surface area contributed by atoms with Crippen LogP contribution in [0.5, 0.6) is 0 Å². The van der Waals surface area contributed by atoms with Crippen LogP contribution in [0, 0.1) is 5.92 Å². The number of para-hydroxylation sites is 1. The number of hydrogen-bond acceptors (Lipinski definition) is 4. The molecular formula is C18H26N4O4S. The molecule has 1 aliphatic heterocycles. The zero-order valence-electron chi connectivity index (χ0n) is 15.6. The lowest BCUT2D eigenvalue weighted by atomic mass is 9.98. The maximum absolute atomic E-state index is 12.7. The van der Waals surface area contributed by atoms with Gasteiger partial charge < -0.3 is 10.6 Å². The van der Waals surface area contributed by atoms with E-state index in [1.165, 1.54) is 18.4 Å². The fourth-order valence-corrected chi connectivity index (χ4v) is 4.07. The number of rotatable bonds is 7. The summed E-state index contributed by atoms with van der Waals surface area (Å²) >= 11 is 0. The van der Waals surface area contributed by atoms with Gasteiger partial charge >= 0.3 is 0 Å². The molecule has 1 fully saturated rings. The standard InChI is InChI=1S/C18H26N4O4S/c1-4-11-19-18(24)15-9-5-6-10-16(15)20-17(23)14-8-7-12-22(13-14)27(25,26)21(2)3/h4-6,9-10,14H,1,7-8,11-13H2,2-3H3,(H,19,24)(H,20,23)/t14-/m1/s1. The zero-order chi connectivity index (χ0) is 20.0. The van der Waals surface area contributed by atoms with E-state index in [0.717, 1.165) is 4.31 Å². The minimum atomic E-state index is -3.56. The lowest BCUT2D eigenvalue weighted by Crippen LogP contribution is -2.47. The van der Waals surface area contributed by atoms with E-state index in [-0.39, 0.29) is 18.4 Å². The Kier molecular flexibility index (Phi) is 7.11. The van der Waals surface area contributed by atoms with Crippen LogP contribution in [-0.4, -0.2) is 62.6 Å². The molecule has 1 atom stereocenters. The number of nitrogens with one attached hydrogen (secondary N) is 2. The summed E-state index contributed by atoms with van der Waals surface area (Å²) in [5, 5.41) is 5.46. The SMILES string of the molecule is C=CCNC(=O)c1ccccc1NC(=O)[C@@H]1CCCN(S(=O)(=O)N(C)C)C1. The van der Waals surface area contributed by atoms with Gasteiger partial charge in [-0.25, -0.2) is 0 Å². The predicted molar refractivity (Wildman–Crippen MR) is 105 cm³/mol. The molecule has 1 aromatic rings. The normalized spacial score (nSPS) is 18.1. The van der Waals surface area contributed by atoms with Gasteiger partial charge in [0.1, 0.15) is 0 Å². The Hall–Kier alpha value is -2.23. The minimum Gasteiger partial charge on any atom is -0.349 e. The van der Waals surface area contributed by atoms with Gasteiger partial charge in [0.15, 0.2) is 0 Å². The molecule has 2 N–H and O–H groups in total. The van der Waals surface area contributed by atoms with Crippen molar-refractivity contribution in [3.05, 3.63) is 42.5 Å². The van der Waals surface area contributed by atoms with E-state index >= 15 is 0 Å². The molecule has 0 unspecified atom stereocenters. The van der Waals surface area contributed by atoms with Crippen molar-refractivity contribution in [2.75, 3.05) is 39.0 Å². The van der Waals surface area contributed by atoms with E-state index in [9.17, 15) is 18.0 Å². The number of carbonyl (C=O) groups is 2. The van der Waals surface area contributed by atoms with Crippen LogP contribution in [0.3, 0.4) is 0 Å². The van der Waals surface area contributed by atoms with Gasteiger partial charge in [-0.1, -0.05) is 18.2 Å². The molecule has 1 saturated heterocycles. The molecule has 148 valence electrons. The fourth-order valence-electron chi connectivity index (χ4n) is 2.88. The van der Waals surface area contributed by atoms with Gasteiger partial charge in [-0.15, -0.1) is 6.58 Å². The highest BCUT2D eigenvalue weighted by Crippen LogP contribution is 2.23. The molecule has 0 saturated carbocycles. The van der Waals surface area contributed by atoms with Crippen LogP contribution in [0.25, 0.3) is 0 Å². The Morgan fingerprint density at radius 3 is 2.70 bits per heavy atom. The van der Waals surface area contributed by atoms with Gasteiger partial charge in [0.25, 0.3) is 16.1 Å². The van der Waals surface area contributed by atoms with Gasteiger partial charge in [-0.2, -0.15) is 17.0 Å². The molecule has 1 aromatic carbocycles. The van der Waals surface area contributed by atoms with Crippen molar-refractivity contribution in [1.82, 2.24) is 13.9 Å². The number of amides is 2. The first kappa shape index (κ1) is 21.1. The summed E-state index contributed by atoms with van der Waals surface area (Å²) in [6.07, 6.45) is 2.77. The summed E-state index contributed by atoms with van der Waals surface area (Å²) in [6.45, 7) is 4.39. The highest BCUT2D eigenvalue weighted by molar-refractivity contribution is 7.86. The predicted octanol–water partition coefficient (Wildman–Crippen LogP) is 1.06. The minimum absolute atomic E-state index is 0.122. The number of carbonyl (C=O) groups excluding carboxylic acids is 2. The molecule has 0 bridgehead atoms. The fraction of sp³-hybridized carbons (Fsp3) is 0.444. The summed E-state index contributed by atoms with van der Waals surface area (Å²) in [4.78, 5) is 24.9. The number of benzene rings is 1. The average Bonchev–Trinajstić information content (AvgIpc) is 2.66. The van der Waals surface area contributed by atoms with Crippen LogP contribution in [0.2, 0.25) is 0 Å². The quantitative estimate of drug-likeness (QED) is 0.676. The maximum Gasteiger partial charge on any atom is 0.281 e. The van der Waals surface area contributed by atoms with E-state index in [4.69, 9.17) is 0 Å². The molecule has 8 nitrogen and oxygen atoms in total. The summed E-state index contributed by atoms with van der Waals surface area (Å²) in [6, 6.07) is 6.71. The van der Waals surface area contributed by atoms with Gasteiger partial charge in [0.2, 0.25) is 5.91 Å². The Labute approximate surface area is 160 Å². The molecule has 9 heteroatoms. The summed E-state index contributed by atoms with van der Waals surface area (Å²) < 4.78 is 27.1. The van der Waals surface area contributed by atoms with Gasteiger partial charge in [-0.05, 0) is 25.0 Å². The molecule has 2 rings (SSSR count). The maximum atomic E-state index is 12.7. The topological polar surface area (TPSA) is 98.8 Å². The van der Waals surface area contributed by atoms with E-state index < -0.39 is 16.1 Å². The number of hydrogen-bond donors (Lipinski definition) is 2. The Morgan fingerprint density at radius 1 is 1.33 bits per heavy atom. The Bertz CT molecular complexity index is 807.